The molecule has 5 nitrogen and oxygen atoms in total. The molecular formula is C20H21BF4N2O3. The summed E-state index contributed by atoms with van der Waals surface area (Å²) < 4.78 is 63.6. The third kappa shape index (κ3) is 4.60. The highest BCUT2D eigenvalue weighted by molar-refractivity contribution is 6.62. The van der Waals surface area contributed by atoms with E-state index in [1.165, 1.54) is 0 Å². The zero-order valence-corrected chi connectivity index (χ0v) is 16.9. The first-order chi connectivity index (χ1) is 13.8. The van der Waals surface area contributed by atoms with Crippen LogP contribution in [0.3, 0.4) is 0 Å². The molecule has 10 heteroatoms. The van der Waals surface area contributed by atoms with Crippen molar-refractivity contribution in [3.05, 3.63) is 53.8 Å². The number of hydrogen-bond donors (Lipinski definition) is 2. The Bertz CT molecular complexity index is 930. The third-order valence-corrected chi connectivity index (χ3v) is 5.22. The highest BCUT2D eigenvalue weighted by Crippen LogP contribution is 2.36. The highest BCUT2D eigenvalue weighted by Gasteiger charge is 2.51. The number of rotatable bonds is 3. The number of hydrogen-bond acceptors (Lipinski definition) is 3. The molecule has 0 saturated carbocycles. The van der Waals surface area contributed by atoms with E-state index in [1.54, 1.807) is 24.3 Å². The van der Waals surface area contributed by atoms with Gasteiger partial charge < -0.3 is 19.9 Å². The summed E-state index contributed by atoms with van der Waals surface area (Å²) in [5.74, 6) is -1.41. The van der Waals surface area contributed by atoms with Gasteiger partial charge in [0.25, 0.3) is 0 Å². The Balaban J connectivity index is 1.65. The standard InChI is InChI=1S/C20H21BF4N2O3/c1-18(2)19(3,4)30-21(29-18)12-5-7-13(8-6-12)26-17(28)27-14-9-10-16(22)15(11-14)20(23,24)25/h5-11H,1-4H3,(H2,26,27,28). The largest absolute Gasteiger partial charge is 0.494 e. The van der Waals surface area contributed by atoms with Gasteiger partial charge in [-0.1, -0.05) is 12.1 Å². The summed E-state index contributed by atoms with van der Waals surface area (Å²) in [5.41, 5.74) is -1.45. The number of carbonyl (C=O) groups excluding carboxylic acids is 1. The second kappa shape index (κ2) is 7.59. The van der Waals surface area contributed by atoms with Crippen molar-refractivity contribution in [1.82, 2.24) is 0 Å². The number of alkyl halides is 3. The number of amides is 2. The van der Waals surface area contributed by atoms with Gasteiger partial charge in [0.15, 0.2) is 0 Å². The van der Waals surface area contributed by atoms with Gasteiger partial charge in [0, 0.05) is 11.4 Å². The van der Waals surface area contributed by atoms with Crippen LogP contribution in [0.25, 0.3) is 0 Å². The smallest absolute Gasteiger partial charge is 0.399 e. The zero-order valence-electron chi connectivity index (χ0n) is 16.9. The lowest BCUT2D eigenvalue weighted by Gasteiger charge is -2.32. The molecule has 1 heterocycles. The number of urea groups is 1. The molecule has 160 valence electrons. The Morgan fingerprint density at radius 3 is 1.93 bits per heavy atom. The second-order valence-corrected chi connectivity index (χ2v) is 7.98. The van der Waals surface area contributed by atoms with Gasteiger partial charge >= 0.3 is 19.3 Å². The van der Waals surface area contributed by atoms with E-state index in [-0.39, 0.29) is 5.69 Å². The van der Waals surface area contributed by atoms with Crippen molar-refractivity contribution in [2.45, 2.75) is 45.1 Å². The lowest BCUT2D eigenvalue weighted by atomic mass is 9.79. The molecule has 0 radical (unpaired) electrons. The molecule has 0 aromatic heterocycles. The Labute approximate surface area is 171 Å². The molecule has 0 unspecified atom stereocenters. The van der Waals surface area contributed by atoms with Gasteiger partial charge in [-0.15, -0.1) is 0 Å². The van der Waals surface area contributed by atoms with Gasteiger partial charge in [0.2, 0.25) is 0 Å². The van der Waals surface area contributed by atoms with Gasteiger partial charge in [0.1, 0.15) is 5.82 Å². The van der Waals surface area contributed by atoms with Crippen molar-refractivity contribution in [2.24, 2.45) is 0 Å². The first kappa shape index (κ1) is 22.1. The van der Waals surface area contributed by atoms with Crippen LogP contribution in [-0.2, 0) is 15.5 Å². The average molecular weight is 424 g/mol. The Kier molecular flexibility index (Phi) is 5.59. The molecule has 2 N–H and O–H groups in total. The number of nitrogens with one attached hydrogen (secondary N) is 2. The van der Waals surface area contributed by atoms with Crippen LogP contribution >= 0.6 is 0 Å². The normalized spacial score (nSPS) is 17.7. The van der Waals surface area contributed by atoms with Crippen LogP contribution in [0, 0.1) is 5.82 Å². The van der Waals surface area contributed by atoms with Gasteiger partial charge in [-0.2, -0.15) is 13.2 Å². The molecule has 0 spiro atoms. The van der Waals surface area contributed by atoms with E-state index in [9.17, 15) is 22.4 Å². The van der Waals surface area contributed by atoms with Gasteiger partial charge in [-0.25, -0.2) is 9.18 Å². The van der Waals surface area contributed by atoms with Gasteiger partial charge in [0.05, 0.1) is 16.8 Å². The molecule has 0 aliphatic carbocycles. The molecule has 0 atom stereocenters. The lowest BCUT2D eigenvalue weighted by Crippen LogP contribution is -2.41. The van der Waals surface area contributed by atoms with E-state index < -0.39 is 41.9 Å². The number of carbonyl (C=O) groups is 1. The van der Waals surface area contributed by atoms with Gasteiger partial charge in [-0.3, -0.25) is 0 Å². The van der Waals surface area contributed by atoms with E-state index in [0.29, 0.717) is 17.8 Å². The van der Waals surface area contributed by atoms with Crippen molar-refractivity contribution in [3.63, 3.8) is 0 Å². The number of benzene rings is 2. The summed E-state index contributed by atoms with van der Waals surface area (Å²) in [4.78, 5) is 12.1. The molecule has 3 rings (SSSR count). The first-order valence-corrected chi connectivity index (χ1v) is 9.19. The Morgan fingerprint density at radius 1 is 0.900 bits per heavy atom. The molecule has 0 bridgehead atoms. The predicted molar refractivity (Wildman–Crippen MR) is 106 cm³/mol. The van der Waals surface area contributed by atoms with Crippen LogP contribution in [0.5, 0.6) is 0 Å². The van der Waals surface area contributed by atoms with Crippen LogP contribution in [0.4, 0.5) is 33.7 Å². The quantitative estimate of drug-likeness (QED) is 0.551. The minimum Gasteiger partial charge on any atom is -0.399 e. The monoisotopic (exact) mass is 424 g/mol. The zero-order chi connectivity index (χ0) is 22.3. The van der Waals surface area contributed by atoms with Crippen LogP contribution in [0.2, 0.25) is 0 Å². The van der Waals surface area contributed by atoms with Gasteiger partial charge in [-0.05, 0) is 63.5 Å². The Morgan fingerprint density at radius 2 is 1.40 bits per heavy atom. The lowest BCUT2D eigenvalue weighted by molar-refractivity contribution is -0.139. The SMILES string of the molecule is CC1(C)OB(c2ccc(NC(=O)Nc3ccc(F)c(C(F)(F)F)c3)cc2)OC1(C)C. The molecule has 1 fully saturated rings. The minimum absolute atomic E-state index is 0.185. The molecule has 30 heavy (non-hydrogen) atoms. The van der Waals surface area contributed by atoms with Crippen molar-refractivity contribution < 1.29 is 31.7 Å². The van der Waals surface area contributed by atoms with Crippen molar-refractivity contribution in [1.29, 1.82) is 0 Å². The predicted octanol–water partition coefficient (Wildman–Crippen LogP) is 4.79. The van der Waals surface area contributed by atoms with E-state index >= 15 is 0 Å². The molecule has 1 aliphatic heterocycles. The summed E-state index contributed by atoms with van der Waals surface area (Å²) in [6.45, 7) is 7.75. The maximum atomic E-state index is 13.3. The summed E-state index contributed by atoms with van der Waals surface area (Å²) in [7, 11) is -0.558. The fourth-order valence-corrected chi connectivity index (χ4v) is 2.82. The Hall–Kier alpha value is -2.59. The molecule has 2 amide bonds. The van der Waals surface area contributed by atoms with Crippen molar-refractivity contribution in [3.8, 4) is 0 Å². The third-order valence-electron chi connectivity index (χ3n) is 5.22. The maximum Gasteiger partial charge on any atom is 0.494 e. The topological polar surface area (TPSA) is 59.6 Å². The average Bonchev–Trinajstić information content (AvgIpc) is 2.84. The minimum atomic E-state index is -4.86. The van der Waals surface area contributed by atoms with E-state index in [1.807, 2.05) is 27.7 Å². The van der Waals surface area contributed by atoms with Crippen LogP contribution in [0.15, 0.2) is 42.5 Å². The molecule has 1 saturated heterocycles. The molecule has 1 aliphatic rings. The summed E-state index contributed by atoms with van der Waals surface area (Å²) >= 11 is 0. The van der Waals surface area contributed by atoms with Crippen molar-refractivity contribution in [2.75, 3.05) is 10.6 Å². The van der Waals surface area contributed by atoms with E-state index in [2.05, 4.69) is 10.6 Å². The fraction of sp³-hybridized carbons (Fsp3) is 0.350. The van der Waals surface area contributed by atoms with Crippen molar-refractivity contribution >= 4 is 30.0 Å². The van der Waals surface area contributed by atoms with Crippen LogP contribution < -0.4 is 16.1 Å². The summed E-state index contributed by atoms with van der Waals surface area (Å²) in [5, 5.41) is 4.76. The number of anilines is 2. The van der Waals surface area contributed by atoms with E-state index in [4.69, 9.17) is 9.31 Å². The van der Waals surface area contributed by atoms with Crippen LogP contribution in [0.1, 0.15) is 33.3 Å². The summed E-state index contributed by atoms with van der Waals surface area (Å²) in [6.07, 6.45) is -4.86. The number of halogens is 4. The molecule has 2 aromatic carbocycles. The summed E-state index contributed by atoms with van der Waals surface area (Å²) in [6, 6.07) is 8.14. The fourth-order valence-electron chi connectivity index (χ4n) is 2.82. The molecular weight excluding hydrogens is 403 g/mol. The highest BCUT2D eigenvalue weighted by atomic mass is 19.4. The van der Waals surface area contributed by atoms with E-state index in [0.717, 1.165) is 11.5 Å². The maximum absolute atomic E-state index is 13.3. The first-order valence-electron chi connectivity index (χ1n) is 9.19. The second-order valence-electron chi connectivity index (χ2n) is 7.98. The van der Waals surface area contributed by atoms with Crippen LogP contribution in [-0.4, -0.2) is 24.4 Å². The molecule has 2 aromatic rings.